The second-order valence-corrected chi connectivity index (χ2v) is 2.20. The number of aldehydes is 1. The first-order valence-corrected chi connectivity index (χ1v) is 3.12. The quantitative estimate of drug-likeness (QED) is 0.558. The van der Waals surface area contributed by atoms with Gasteiger partial charge < -0.3 is 4.79 Å². The molecule has 1 atom stereocenters. The molecule has 4 heteroatoms. The Morgan fingerprint density at radius 1 is 1.60 bits per heavy atom. The van der Waals surface area contributed by atoms with E-state index in [0.29, 0.717) is 6.54 Å². The van der Waals surface area contributed by atoms with Crippen molar-refractivity contribution in [3.05, 3.63) is 12.4 Å². The number of hydrogen-bond acceptors (Lipinski definition) is 3. The fourth-order valence-electron chi connectivity index (χ4n) is 0.638. The molecule has 54 valence electrons. The molecule has 0 spiro atoms. The van der Waals surface area contributed by atoms with Crippen LogP contribution in [0.2, 0.25) is 0 Å². The van der Waals surface area contributed by atoms with Crippen LogP contribution in [0.3, 0.4) is 0 Å². The molecule has 1 rings (SSSR count). The van der Waals surface area contributed by atoms with Crippen molar-refractivity contribution in [3.8, 4) is 0 Å². The van der Waals surface area contributed by atoms with Crippen LogP contribution in [0.15, 0.2) is 12.4 Å². The number of hydrogen-bond donors (Lipinski definition) is 0. The summed E-state index contributed by atoms with van der Waals surface area (Å²) in [6.45, 7) is 2.40. The molecule has 0 aliphatic rings. The van der Waals surface area contributed by atoms with Crippen LogP contribution in [0.1, 0.15) is 6.92 Å². The molecule has 0 radical (unpaired) electrons. The molecule has 0 amide bonds. The summed E-state index contributed by atoms with van der Waals surface area (Å²) in [5.41, 5.74) is 0. The van der Waals surface area contributed by atoms with Crippen molar-refractivity contribution < 1.29 is 4.79 Å². The maximum atomic E-state index is 10.2. The molecule has 1 aromatic heterocycles. The molecule has 1 unspecified atom stereocenters. The van der Waals surface area contributed by atoms with Crippen molar-refractivity contribution in [1.29, 1.82) is 0 Å². The first-order valence-electron chi connectivity index (χ1n) is 3.12. The monoisotopic (exact) mass is 139 g/mol. The highest BCUT2D eigenvalue weighted by atomic mass is 16.1. The Kier molecular flexibility index (Phi) is 2.15. The van der Waals surface area contributed by atoms with Crippen molar-refractivity contribution in [2.75, 3.05) is 0 Å². The van der Waals surface area contributed by atoms with E-state index in [9.17, 15) is 4.79 Å². The van der Waals surface area contributed by atoms with Crippen LogP contribution in [0, 0.1) is 5.92 Å². The topological polar surface area (TPSA) is 47.8 Å². The lowest BCUT2D eigenvalue weighted by atomic mass is 10.2. The van der Waals surface area contributed by atoms with Gasteiger partial charge in [0, 0.05) is 5.92 Å². The molecule has 0 aliphatic heterocycles. The Labute approximate surface area is 58.8 Å². The summed E-state index contributed by atoms with van der Waals surface area (Å²) >= 11 is 0. The van der Waals surface area contributed by atoms with Crippen LogP contribution in [0.5, 0.6) is 0 Å². The molecule has 10 heavy (non-hydrogen) atoms. The molecule has 0 bridgehead atoms. The standard InChI is InChI=1S/C6H9N3O/c1-6(5-10)4-9-7-2-3-8-9/h2-3,5-6H,4H2,1H3. The third kappa shape index (κ3) is 1.65. The minimum atomic E-state index is -0.00704. The molecular formula is C6H9N3O. The van der Waals surface area contributed by atoms with Gasteiger partial charge in [0.05, 0.1) is 18.9 Å². The molecular weight excluding hydrogens is 130 g/mol. The summed E-state index contributed by atoms with van der Waals surface area (Å²) in [6.07, 6.45) is 4.08. The summed E-state index contributed by atoms with van der Waals surface area (Å²) in [5, 5.41) is 7.70. The molecule has 0 aromatic carbocycles. The fraction of sp³-hybridized carbons (Fsp3) is 0.500. The lowest BCUT2D eigenvalue weighted by Gasteiger charge is -1.99. The third-order valence-electron chi connectivity index (χ3n) is 1.15. The fourth-order valence-corrected chi connectivity index (χ4v) is 0.638. The zero-order valence-corrected chi connectivity index (χ0v) is 5.77. The Morgan fingerprint density at radius 3 is 2.70 bits per heavy atom. The van der Waals surface area contributed by atoms with Gasteiger partial charge in [-0.25, -0.2) is 0 Å². The van der Waals surface area contributed by atoms with Gasteiger partial charge in [-0.15, -0.1) is 0 Å². The normalized spacial score (nSPS) is 12.9. The molecule has 4 nitrogen and oxygen atoms in total. The van der Waals surface area contributed by atoms with Gasteiger partial charge >= 0.3 is 0 Å². The maximum Gasteiger partial charge on any atom is 0.124 e. The number of rotatable bonds is 3. The molecule has 0 saturated heterocycles. The third-order valence-corrected chi connectivity index (χ3v) is 1.15. The van der Waals surface area contributed by atoms with Crippen LogP contribution in [-0.4, -0.2) is 21.3 Å². The largest absolute Gasteiger partial charge is 0.303 e. The average molecular weight is 139 g/mol. The van der Waals surface area contributed by atoms with E-state index >= 15 is 0 Å². The van der Waals surface area contributed by atoms with E-state index in [2.05, 4.69) is 10.2 Å². The van der Waals surface area contributed by atoms with E-state index in [4.69, 9.17) is 0 Å². The van der Waals surface area contributed by atoms with Crippen molar-refractivity contribution in [3.63, 3.8) is 0 Å². The van der Waals surface area contributed by atoms with Gasteiger partial charge in [0.2, 0.25) is 0 Å². The summed E-state index contributed by atoms with van der Waals surface area (Å²) in [5.74, 6) is -0.00704. The van der Waals surface area contributed by atoms with E-state index in [1.165, 1.54) is 4.80 Å². The molecule has 0 aliphatic carbocycles. The summed E-state index contributed by atoms with van der Waals surface area (Å²) in [6, 6.07) is 0. The summed E-state index contributed by atoms with van der Waals surface area (Å²) in [7, 11) is 0. The van der Waals surface area contributed by atoms with Crippen molar-refractivity contribution in [1.82, 2.24) is 15.0 Å². The van der Waals surface area contributed by atoms with E-state index in [1.807, 2.05) is 6.92 Å². The second kappa shape index (κ2) is 3.10. The Bertz CT molecular complexity index is 195. The van der Waals surface area contributed by atoms with Crippen LogP contribution in [-0.2, 0) is 11.3 Å². The second-order valence-electron chi connectivity index (χ2n) is 2.20. The predicted molar refractivity (Wildman–Crippen MR) is 35.2 cm³/mol. The van der Waals surface area contributed by atoms with E-state index < -0.39 is 0 Å². The molecule has 1 aromatic rings. The highest BCUT2D eigenvalue weighted by Crippen LogP contribution is 1.91. The first kappa shape index (κ1) is 6.92. The Morgan fingerprint density at radius 2 is 2.20 bits per heavy atom. The van der Waals surface area contributed by atoms with Gasteiger partial charge in [-0.3, -0.25) is 0 Å². The van der Waals surface area contributed by atoms with Crippen molar-refractivity contribution in [2.24, 2.45) is 5.92 Å². The number of carbonyl (C=O) groups is 1. The summed E-state index contributed by atoms with van der Waals surface area (Å²) < 4.78 is 0. The van der Waals surface area contributed by atoms with Crippen molar-refractivity contribution >= 4 is 6.29 Å². The highest BCUT2D eigenvalue weighted by Gasteiger charge is 2.00. The Hall–Kier alpha value is -1.19. The van der Waals surface area contributed by atoms with Crippen LogP contribution >= 0.6 is 0 Å². The molecule has 0 fully saturated rings. The minimum absolute atomic E-state index is 0.00704. The van der Waals surface area contributed by atoms with Gasteiger partial charge in [0.1, 0.15) is 6.29 Å². The number of carbonyl (C=O) groups excluding carboxylic acids is 1. The predicted octanol–water partition coefficient (Wildman–Crippen LogP) is 0.113. The lowest BCUT2D eigenvalue weighted by molar-refractivity contribution is -0.111. The van der Waals surface area contributed by atoms with Crippen LogP contribution in [0.25, 0.3) is 0 Å². The van der Waals surface area contributed by atoms with Gasteiger partial charge in [-0.2, -0.15) is 15.0 Å². The highest BCUT2D eigenvalue weighted by molar-refractivity contribution is 5.52. The maximum absolute atomic E-state index is 10.2. The van der Waals surface area contributed by atoms with E-state index in [0.717, 1.165) is 6.29 Å². The molecule has 0 saturated carbocycles. The van der Waals surface area contributed by atoms with Gasteiger partial charge in [-0.05, 0) is 0 Å². The van der Waals surface area contributed by atoms with Gasteiger partial charge in [0.25, 0.3) is 0 Å². The number of nitrogens with zero attached hydrogens (tertiary/aromatic N) is 3. The zero-order chi connectivity index (χ0) is 7.40. The van der Waals surface area contributed by atoms with E-state index in [1.54, 1.807) is 12.4 Å². The zero-order valence-electron chi connectivity index (χ0n) is 5.77. The lowest BCUT2D eigenvalue weighted by Crippen LogP contribution is -2.10. The van der Waals surface area contributed by atoms with Crippen LogP contribution < -0.4 is 0 Å². The first-order chi connectivity index (χ1) is 4.83. The van der Waals surface area contributed by atoms with Gasteiger partial charge in [0.15, 0.2) is 0 Å². The SMILES string of the molecule is CC(C=O)Cn1nccn1. The number of aromatic nitrogens is 3. The van der Waals surface area contributed by atoms with Crippen LogP contribution in [0.4, 0.5) is 0 Å². The summed E-state index contributed by atoms with van der Waals surface area (Å²) in [4.78, 5) is 11.7. The molecule has 0 N–H and O–H groups in total. The smallest absolute Gasteiger partial charge is 0.124 e. The Balaban J connectivity index is 2.47. The molecule has 1 heterocycles. The van der Waals surface area contributed by atoms with Crippen molar-refractivity contribution in [2.45, 2.75) is 13.5 Å². The average Bonchev–Trinajstić information content (AvgIpc) is 2.40. The minimum Gasteiger partial charge on any atom is -0.303 e. The van der Waals surface area contributed by atoms with Gasteiger partial charge in [-0.1, -0.05) is 6.92 Å². The van der Waals surface area contributed by atoms with E-state index in [-0.39, 0.29) is 5.92 Å².